The summed E-state index contributed by atoms with van der Waals surface area (Å²) in [4.78, 5) is 11.3. The highest BCUT2D eigenvalue weighted by atomic mass is 16.4. The second-order valence-corrected chi connectivity index (χ2v) is 4.92. The normalized spacial score (nSPS) is 28.1. The van der Waals surface area contributed by atoms with Crippen molar-refractivity contribution in [1.29, 1.82) is 0 Å². The van der Waals surface area contributed by atoms with Crippen molar-refractivity contribution in [3.63, 3.8) is 0 Å². The predicted molar refractivity (Wildman–Crippen MR) is 62.1 cm³/mol. The molecule has 16 heavy (non-hydrogen) atoms. The lowest BCUT2D eigenvalue weighted by Crippen LogP contribution is -2.43. The average molecular weight is 219 g/mol. The van der Waals surface area contributed by atoms with Crippen LogP contribution >= 0.6 is 0 Å². The molecule has 2 rings (SSSR count). The minimum Gasteiger partial charge on any atom is -0.480 e. The van der Waals surface area contributed by atoms with Gasteiger partial charge in [0.15, 0.2) is 0 Å². The van der Waals surface area contributed by atoms with E-state index in [1.165, 1.54) is 0 Å². The van der Waals surface area contributed by atoms with Crippen molar-refractivity contribution in [2.24, 2.45) is 11.7 Å². The van der Waals surface area contributed by atoms with Gasteiger partial charge in [0.05, 0.1) is 0 Å². The summed E-state index contributed by atoms with van der Waals surface area (Å²) in [5.41, 5.74) is 6.72. The van der Waals surface area contributed by atoms with Crippen LogP contribution < -0.4 is 5.73 Å². The summed E-state index contributed by atoms with van der Waals surface area (Å²) in [6.45, 7) is 4.21. The maximum absolute atomic E-state index is 11.3. The molecular formula is C13H17NO2. The summed E-state index contributed by atoms with van der Waals surface area (Å²) in [7, 11) is 0. The topological polar surface area (TPSA) is 63.3 Å². The van der Waals surface area contributed by atoms with Crippen molar-refractivity contribution in [2.45, 2.75) is 31.7 Å². The van der Waals surface area contributed by atoms with E-state index in [0.717, 1.165) is 11.1 Å². The van der Waals surface area contributed by atoms with E-state index in [2.05, 4.69) is 13.8 Å². The molecule has 1 aromatic carbocycles. The zero-order valence-electron chi connectivity index (χ0n) is 9.60. The predicted octanol–water partition coefficient (Wildman–Crippen LogP) is 2.07. The summed E-state index contributed by atoms with van der Waals surface area (Å²) in [5.74, 6) is -0.272. The fraction of sp³-hybridized carbons (Fsp3) is 0.462. The Hall–Kier alpha value is -1.35. The number of carboxylic acid groups (broad SMARTS) is 1. The standard InChI is InChI=1S/C13H17NO2/c1-8(2)10-7-13(14,12(15)16)11-6-4-3-5-9(10)11/h3-6,8,10H,7,14H2,1-2H3,(H,15,16)/t10-,13-/m0/s1. The Morgan fingerprint density at radius 1 is 1.50 bits per heavy atom. The van der Waals surface area contributed by atoms with Gasteiger partial charge in [-0.1, -0.05) is 38.1 Å². The molecule has 1 aliphatic rings. The highest BCUT2D eigenvalue weighted by Crippen LogP contribution is 2.46. The van der Waals surface area contributed by atoms with E-state index in [1.807, 2.05) is 24.3 Å². The van der Waals surface area contributed by atoms with Gasteiger partial charge < -0.3 is 10.8 Å². The van der Waals surface area contributed by atoms with Crippen LogP contribution in [0.15, 0.2) is 24.3 Å². The van der Waals surface area contributed by atoms with Crippen molar-refractivity contribution in [3.05, 3.63) is 35.4 Å². The van der Waals surface area contributed by atoms with Gasteiger partial charge in [-0.2, -0.15) is 0 Å². The smallest absolute Gasteiger partial charge is 0.328 e. The maximum Gasteiger partial charge on any atom is 0.328 e. The molecule has 0 saturated carbocycles. The number of carboxylic acids is 1. The fourth-order valence-corrected chi connectivity index (χ4v) is 2.59. The Morgan fingerprint density at radius 2 is 2.12 bits per heavy atom. The molecule has 0 saturated heterocycles. The Kier molecular flexibility index (Phi) is 2.50. The van der Waals surface area contributed by atoms with Gasteiger partial charge in [0.1, 0.15) is 5.54 Å². The van der Waals surface area contributed by atoms with Crippen LogP contribution in [0, 0.1) is 5.92 Å². The van der Waals surface area contributed by atoms with Crippen molar-refractivity contribution in [1.82, 2.24) is 0 Å². The number of hydrogen-bond acceptors (Lipinski definition) is 2. The summed E-state index contributed by atoms with van der Waals surface area (Å²) in [5, 5.41) is 9.29. The molecule has 0 spiro atoms. The molecule has 3 heteroatoms. The number of rotatable bonds is 2. The van der Waals surface area contributed by atoms with Gasteiger partial charge in [-0.3, -0.25) is 0 Å². The first-order valence-electron chi connectivity index (χ1n) is 5.58. The highest BCUT2D eigenvalue weighted by molar-refractivity contribution is 5.82. The molecule has 0 unspecified atom stereocenters. The van der Waals surface area contributed by atoms with E-state index in [9.17, 15) is 9.90 Å². The molecule has 0 aromatic heterocycles. The zero-order chi connectivity index (χ0) is 11.9. The van der Waals surface area contributed by atoms with Crippen LogP contribution in [0.1, 0.15) is 37.3 Å². The second kappa shape index (κ2) is 3.59. The van der Waals surface area contributed by atoms with Gasteiger partial charge in [0.2, 0.25) is 0 Å². The molecule has 1 aromatic rings. The van der Waals surface area contributed by atoms with E-state index in [1.54, 1.807) is 0 Å². The van der Waals surface area contributed by atoms with E-state index >= 15 is 0 Å². The molecule has 0 radical (unpaired) electrons. The first-order chi connectivity index (χ1) is 7.47. The Balaban J connectivity index is 2.55. The fourth-order valence-electron chi connectivity index (χ4n) is 2.59. The second-order valence-electron chi connectivity index (χ2n) is 4.92. The van der Waals surface area contributed by atoms with Crippen LogP contribution in [-0.4, -0.2) is 11.1 Å². The Bertz CT molecular complexity index is 428. The molecule has 2 atom stereocenters. The maximum atomic E-state index is 11.3. The molecule has 0 aliphatic heterocycles. The third-order valence-electron chi connectivity index (χ3n) is 3.57. The Morgan fingerprint density at radius 3 is 2.69 bits per heavy atom. The molecule has 3 nitrogen and oxygen atoms in total. The van der Waals surface area contributed by atoms with Gasteiger partial charge in [-0.15, -0.1) is 0 Å². The van der Waals surface area contributed by atoms with Gasteiger partial charge in [0.25, 0.3) is 0 Å². The zero-order valence-corrected chi connectivity index (χ0v) is 9.60. The molecular weight excluding hydrogens is 202 g/mol. The average Bonchev–Trinajstić information content (AvgIpc) is 2.55. The van der Waals surface area contributed by atoms with Crippen molar-refractivity contribution in [2.75, 3.05) is 0 Å². The number of hydrogen-bond donors (Lipinski definition) is 2. The Labute approximate surface area is 95.3 Å². The molecule has 86 valence electrons. The van der Waals surface area contributed by atoms with Crippen molar-refractivity contribution >= 4 is 5.97 Å². The van der Waals surface area contributed by atoms with Gasteiger partial charge in [0, 0.05) is 0 Å². The molecule has 1 aliphatic carbocycles. The van der Waals surface area contributed by atoms with Crippen LogP contribution in [0.5, 0.6) is 0 Å². The number of fused-ring (bicyclic) bond motifs is 1. The summed E-state index contributed by atoms with van der Waals surface area (Å²) in [6, 6.07) is 7.64. The molecule has 0 heterocycles. The minimum atomic E-state index is -1.20. The summed E-state index contributed by atoms with van der Waals surface area (Å²) in [6.07, 6.45) is 0.499. The lowest BCUT2D eigenvalue weighted by molar-refractivity contribution is -0.143. The summed E-state index contributed by atoms with van der Waals surface area (Å²) >= 11 is 0. The molecule has 0 fully saturated rings. The lowest BCUT2D eigenvalue weighted by Gasteiger charge is -2.21. The molecule has 0 amide bonds. The van der Waals surface area contributed by atoms with E-state index in [4.69, 9.17) is 5.73 Å². The minimum absolute atomic E-state index is 0.247. The highest BCUT2D eigenvalue weighted by Gasteiger charge is 2.47. The van der Waals surface area contributed by atoms with Gasteiger partial charge in [-0.05, 0) is 29.4 Å². The quantitative estimate of drug-likeness (QED) is 0.800. The van der Waals surface area contributed by atoms with Gasteiger partial charge >= 0.3 is 5.97 Å². The van der Waals surface area contributed by atoms with Gasteiger partial charge in [-0.25, -0.2) is 4.79 Å². The van der Waals surface area contributed by atoms with Crippen LogP contribution in [-0.2, 0) is 10.3 Å². The van der Waals surface area contributed by atoms with Crippen LogP contribution in [0.4, 0.5) is 0 Å². The van der Waals surface area contributed by atoms with E-state index in [-0.39, 0.29) is 5.92 Å². The number of benzene rings is 1. The lowest BCUT2D eigenvalue weighted by atomic mass is 9.88. The monoisotopic (exact) mass is 219 g/mol. The molecule has 0 bridgehead atoms. The largest absolute Gasteiger partial charge is 0.480 e. The van der Waals surface area contributed by atoms with Crippen molar-refractivity contribution in [3.8, 4) is 0 Å². The first-order valence-corrected chi connectivity index (χ1v) is 5.58. The molecule has 3 N–H and O–H groups in total. The SMILES string of the molecule is CC(C)[C@@H]1C[C@@](N)(C(=O)O)c2ccccc21. The van der Waals surface area contributed by atoms with Crippen LogP contribution in [0.3, 0.4) is 0 Å². The van der Waals surface area contributed by atoms with Crippen LogP contribution in [0.25, 0.3) is 0 Å². The third-order valence-corrected chi connectivity index (χ3v) is 3.57. The number of aliphatic carboxylic acids is 1. The number of nitrogens with two attached hydrogens (primary N) is 1. The van der Waals surface area contributed by atoms with E-state index < -0.39 is 11.5 Å². The summed E-state index contributed by atoms with van der Waals surface area (Å²) < 4.78 is 0. The van der Waals surface area contributed by atoms with E-state index in [0.29, 0.717) is 12.3 Å². The van der Waals surface area contributed by atoms with Crippen molar-refractivity contribution < 1.29 is 9.90 Å². The first kappa shape index (κ1) is 11.1. The third kappa shape index (κ3) is 1.43. The van der Waals surface area contributed by atoms with Crippen LogP contribution in [0.2, 0.25) is 0 Å². The number of carbonyl (C=O) groups is 1.